The molecule has 3 heteroatoms. The van der Waals surface area contributed by atoms with Crippen LogP contribution in [-0.4, -0.2) is 20.4 Å². The molecule has 1 heterocycles. The Bertz CT molecular complexity index is 163. The van der Waals surface area contributed by atoms with Crippen LogP contribution in [0.15, 0.2) is 24.0 Å². The summed E-state index contributed by atoms with van der Waals surface area (Å²) >= 11 is 0. The van der Waals surface area contributed by atoms with Gasteiger partial charge in [0.1, 0.15) is 6.23 Å². The van der Waals surface area contributed by atoms with Crippen molar-refractivity contribution in [2.75, 3.05) is 14.2 Å². The number of likely N-dealkylation sites (N-methyl/N-ethyl adjacent to an activating group) is 1. The molecule has 0 bridgehead atoms. The molecule has 0 saturated carbocycles. The van der Waals surface area contributed by atoms with Crippen LogP contribution >= 0.6 is 0 Å². The molecule has 0 aromatic heterocycles. The van der Waals surface area contributed by atoms with Gasteiger partial charge in [0.05, 0.1) is 0 Å². The maximum atomic E-state index is 5.04. The fourth-order valence-corrected chi connectivity index (χ4v) is 0.802. The van der Waals surface area contributed by atoms with Gasteiger partial charge in [-0.15, -0.1) is 0 Å². The zero-order valence-corrected chi connectivity index (χ0v) is 6.22. The summed E-state index contributed by atoms with van der Waals surface area (Å²) in [5.41, 5.74) is 1.07. The fraction of sp³-hybridized carbons (Fsp3) is 0.429. The van der Waals surface area contributed by atoms with E-state index >= 15 is 0 Å². The van der Waals surface area contributed by atoms with Crippen LogP contribution in [0, 0.1) is 0 Å². The van der Waals surface area contributed by atoms with Gasteiger partial charge in [-0.25, -0.2) is 0 Å². The first-order chi connectivity index (χ1) is 4.86. The lowest BCUT2D eigenvalue weighted by molar-refractivity contribution is 0.123. The molecule has 1 aliphatic heterocycles. The van der Waals surface area contributed by atoms with Crippen LogP contribution in [0.5, 0.6) is 0 Å². The summed E-state index contributed by atoms with van der Waals surface area (Å²) in [7, 11) is 3.55. The molecule has 0 spiro atoms. The monoisotopic (exact) mass is 140 g/mol. The summed E-state index contributed by atoms with van der Waals surface area (Å²) in [6.07, 6.45) is 5.79. The average Bonchev–Trinajstić information content (AvgIpc) is 2.05. The second kappa shape index (κ2) is 3.27. The van der Waals surface area contributed by atoms with Crippen molar-refractivity contribution in [3.63, 3.8) is 0 Å². The highest BCUT2D eigenvalue weighted by Gasteiger charge is 2.03. The van der Waals surface area contributed by atoms with Crippen molar-refractivity contribution < 1.29 is 4.74 Å². The smallest absolute Gasteiger partial charge is 0.148 e. The number of ether oxygens (including phenoxy) is 1. The first kappa shape index (κ1) is 7.15. The third-order valence-electron chi connectivity index (χ3n) is 1.40. The molecule has 0 aromatic rings. The minimum Gasteiger partial charge on any atom is -0.388 e. The third kappa shape index (κ3) is 1.51. The van der Waals surface area contributed by atoms with E-state index < -0.39 is 0 Å². The second-order valence-corrected chi connectivity index (χ2v) is 2.03. The second-order valence-electron chi connectivity index (χ2n) is 2.03. The molecule has 1 unspecified atom stereocenters. The molecule has 0 aromatic carbocycles. The van der Waals surface area contributed by atoms with Crippen LogP contribution in [0.1, 0.15) is 0 Å². The molecule has 0 saturated heterocycles. The van der Waals surface area contributed by atoms with E-state index in [-0.39, 0.29) is 6.23 Å². The molecule has 1 aliphatic rings. The minimum atomic E-state index is 0.00690. The number of dihydropyridines is 1. The first-order valence-electron chi connectivity index (χ1n) is 3.22. The summed E-state index contributed by atoms with van der Waals surface area (Å²) in [5, 5.41) is 6.04. The summed E-state index contributed by atoms with van der Waals surface area (Å²) < 4.78 is 5.04. The molecular weight excluding hydrogens is 128 g/mol. The fourth-order valence-electron chi connectivity index (χ4n) is 0.802. The van der Waals surface area contributed by atoms with Crippen molar-refractivity contribution in [3.8, 4) is 0 Å². The van der Waals surface area contributed by atoms with E-state index in [0.717, 1.165) is 5.70 Å². The first-order valence-corrected chi connectivity index (χ1v) is 3.22. The van der Waals surface area contributed by atoms with Gasteiger partial charge in [-0.05, 0) is 12.2 Å². The van der Waals surface area contributed by atoms with Gasteiger partial charge in [-0.1, -0.05) is 0 Å². The van der Waals surface area contributed by atoms with E-state index in [0.29, 0.717) is 0 Å². The van der Waals surface area contributed by atoms with E-state index in [9.17, 15) is 0 Å². The maximum absolute atomic E-state index is 5.04. The molecule has 2 N–H and O–H groups in total. The molecule has 1 atom stereocenters. The Balaban J connectivity index is 2.56. The van der Waals surface area contributed by atoms with Crippen LogP contribution in [0.25, 0.3) is 0 Å². The topological polar surface area (TPSA) is 33.3 Å². The normalized spacial score (nSPS) is 23.4. The lowest BCUT2D eigenvalue weighted by Gasteiger charge is -2.16. The molecule has 56 valence electrons. The molecule has 0 aliphatic carbocycles. The van der Waals surface area contributed by atoms with Gasteiger partial charge in [0.2, 0.25) is 0 Å². The zero-order valence-electron chi connectivity index (χ0n) is 6.22. The third-order valence-corrected chi connectivity index (χ3v) is 1.40. The van der Waals surface area contributed by atoms with Gasteiger partial charge in [0.15, 0.2) is 0 Å². The van der Waals surface area contributed by atoms with Gasteiger partial charge in [-0.3, -0.25) is 0 Å². The van der Waals surface area contributed by atoms with E-state index in [1.807, 2.05) is 25.4 Å². The summed E-state index contributed by atoms with van der Waals surface area (Å²) in [6, 6.07) is 0. The molecule has 0 amide bonds. The minimum absolute atomic E-state index is 0.00690. The molecule has 1 rings (SSSR count). The Hall–Kier alpha value is -0.960. The molecular formula is C7H12N2O. The van der Waals surface area contributed by atoms with Crippen molar-refractivity contribution >= 4 is 0 Å². The van der Waals surface area contributed by atoms with Gasteiger partial charge >= 0.3 is 0 Å². The number of allylic oxidation sites excluding steroid dienone is 1. The van der Waals surface area contributed by atoms with Gasteiger partial charge in [0.25, 0.3) is 0 Å². The molecule has 0 fully saturated rings. The number of rotatable bonds is 2. The largest absolute Gasteiger partial charge is 0.388 e. The highest BCUT2D eigenvalue weighted by molar-refractivity contribution is 5.21. The Morgan fingerprint density at radius 2 is 2.50 bits per heavy atom. The summed E-state index contributed by atoms with van der Waals surface area (Å²) in [6.45, 7) is 0. The lowest BCUT2D eigenvalue weighted by Crippen LogP contribution is -2.28. The van der Waals surface area contributed by atoms with E-state index in [1.165, 1.54) is 0 Å². The van der Waals surface area contributed by atoms with E-state index in [4.69, 9.17) is 4.74 Å². The highest BCUT2D eigenvalue weighted by Crippen LogP contribution is 2.00. The van der Waals surface area contributed by atoms with Crippen molar-refractivity contribution in [2.24, 2.45) is 0 Å². The van der Waals surface area contributed by atoms with Crippen LogP contribution in [0.3, 0.4) is 0 Å². The van der Waals surface area contributed by atoms with Crippen molar-refractivity contribution in [1.82, 2.24) is 10.6 Å². The van der Waals surface area contributed by atoms with E-state index in [2.05, 4.69) is 10.6 Å². The predicted octanol–water partition coefficient (Wildman–Crippen LogP) is 0.179. The number of methoxy groups -OCH3 is 1. The van der Waals surface area contributed by atoms with Crippen molar-refractivity contribution in [2.45, 2.75) is 6.23 Å². The van der Waals surface area contributed by atoms with Gasteiger partial charge in [0, 0.05) is 26.1 Å². The van der Waals surface area contributed by atoms with Gasteiger partial charge in [-0.2, -0.15) is 0 Å². The van der Waals surface area contributed by atoms with E-state index in [1.54, 1.807) is 7.11 Å². The molecule has 3 nitrogen and oxygen atoms in total. The summed E-state index contributed by atoms with van der Waals surface area (Å²) in [5.74, 6) is 0. The van der Waals surface area contributed by atoms with Crippen molar-refractivity contribution in [3.05, 3.63) is 24.0 Å². The van der Waals surface area contributed by atoms with Crippen LogP contribution in [0.4, 0.5) is 0 Å². The maximum Gasteiger partial charge on any atom is 0.148 e. The predicted molar refractivity (Wildman–Crippen MR) is 40.2 cm³/mol. The van der Waals surface area contributed by atoms with Crippen molar-refractivity contribution in [1.29, 1.82) is 0 Å². The van der Waals surface area contributed by atoms with Crippen LogP contribution in [-0.2, 0) is 4.74 Å². The lowest BCUT2D eigenvalue weighted by atomic mass is 10.3. The Morgan fingerprint density at radius 1 is 1.70 bits per heavy atom. The Kier molecular flexibility index (Phi) is 2.34. The average molecular weight is 140 g/mol. The molecule has 0 radical (unpaired) electrons. The quantitative estimate of drug-likeness (QED) is 0.574. The number of nitrogens with one attached hydrogen (secondary N) is 2. The standard InChI is InChI=1S/C7H12N2O/c1-8-6-3-4-9-7(5-6)10-2/h3-5,7-9H,1-2H3. The summed E-state index contributed by atoms with van der Waals surface area (Å²) in [4.78, 5) is 0. The Labute approximate surface area is 60.8 Å². The number of hydrogen-bond acceptors (Lipinski definition) is 3. The van der Waals surface area contributed by atoms with Crippen LogP contribution in [0.2, 0.25) is 0 Å². The van der Waals surface area contributed by atoms with Gasteiger partial charge < -0.3 is 15.4 Å². The Morgan fingerprint density at radius 3 is 3.10 bits per heavy atom. The number of hydrogen-bond donors (Lipinski definition) is 2. The molecule has 10 heavy (non-hydrogen) atoms. The highest BCUT2D eigenvalue weighted by atomic mass is 16.5. The SMILES string of the molecule is CNC1=CC(OC)NC=C1. The van der Waals surface area contributed by atoms with Crippen LogP contribution < -0.4 is 10.6 Å². The zero-order chi connectivity index (χ0) is 7.40.